The van der Waals surface area contributed by atoms with Crippen molar-refractivity contribution in [1.82, 2.24) is 10.2 Å². The fourth-order valence-corrected chi connectivity index (χ4v) is 9.65. The number of anilines is 2. The third-order valence-corrected chi connectivity index (χ3v) is 11.2. The van der Waals surface area contributed by atoms with Crippen molar-refractivity contribution < 1.29 is 19.5 Å². The van der Waals surface area contributed by atoms with Crippen LogP contribution in [0.25, 0.3) is 0 Å². The Morgan fingerprint density at radius 2 is 1.75 bits per heavy atom. The first-order chi connectivity index (χ1) is 19.2. The molecule has 5 rings (SSSR count). The molecule has 0 aliphatic carbocycles. The van der Waals surface area contributed by atoms with E-state index in [0.717, 1.165) is 30.8 Å². The maximum absolute atomic E-state index is 14.3. The van der Waals surface area contributed by atoms with E-state index in [1.165, 1.54) is 0 Å². The van der Waals surface area contributed by atoms with Crippen LogP contribution in [0.15, 0.2) is 54.6 Å². The summed E-state index contributed by atoms with van der Waals surface area (Å²) in [5.41, 5.74) is 2.71. The quantitative estimate of drug-likeness (QED) is 0.409. The lowest BCUT2D eigenvalue weighted by molar-refractivity contribution is -0.142. The molecule has 3 fully saturated rings. The van der Waals surface area contributed by atoms with Crippen molar-refractivity contribution in [2.75, 3.05) is 37.0 Å². The third-order valence-electron chi connectivity index (χ3n) is 9.17. The summed E-state index contributed by atoms with van der Waals surface area (Å²) in [5.74, 6) is -1.80. The molecule has 0 saturated carbocycles. The lowest BCUT2D eigenvalue weighted by Gasteiger charge is -2.37. The summed E-state index contributed by atoms with van der Waals surface area (Å²) in [4.78, 5) is 45.6. The average molecular weight is 565 g/mol. The predicted octanol–water partition coefficient (Wildman–Crippen LogP) is 3.30. The fraction of sp³-hybridized carbons (Fsp3) is 0.516. The van der Waals surface area contributed by atoms with Crippen LogP contribution in [0.4, 0.5) is 11.4 Å². The molecule has 2 aromatic carbocycles. The summed E-state index contributed by atoms with van der Waals surface area (Å²) in [5, 5.41) is 16.4. The topological polar surface area (TPSA) is 102 Å². The Hall–Kier alpha value is -3.04. The molecule has 40 heavy (non-hydrogen) atoms. The molecule has 2 bridgehead atoms. The Bertz CT molecular complexity index is 1250. The molecule has 3 aliphatic heterocycles. The Balaban J connectivity index is 1.52. The second-order valence-corrected chi connectivity index (χ2v) is 13.2. The summed E-state index contributed by atoms with van der Waals surface area (Å²) < 4.78 is -1.16. The molecule has 6 atom stereocenters. The van der Waals surface area contributed by atoms with Gasteiger partial charge in [-0.2, -0.15) is 0 Å². The molecule has 3 heterocycles. The normalized spacial score (nSPS) is 29.3. The van der Waals surface area contributed by atoms with E-state index < -0.39 is 33.4 Å². The van der Waals surface area contributed by atoms with Gasteiger partial charge in [0.2, 0.25) is 17.7 Å². The smallest absolute Gasteiger partial charge is 0.248 e. The van der Waals surface area contributed by atoms with Gasteiger partial charge >= 0.3 is 0 Å². The predicted molar refractivity (Wildman–Crippen MR) is 159 cm³/mol. The number of nitrogens with zero attached hydrogens (tertiary/aromatic N) is 2. The third kappa shape index (κ3) is 4.57. The number of nitrogens with one attached hydrogen (secondary N) is 2. The summed E-state index contributed by atoms with van der Waals surface area (Å²) in [6.45, 7) is 7.76. The first-order valence-electron chi connectivity index (χ1n) is 14.3. The van der Waals surface area contributed by atoms with Gasteiger partial charge in [-0.15, -0.1) is 11.8 Å². The fourth-order valence-electron chi connectivity index (χ4n) is 7.31. The zero-order valence-electron chi connectivity index (χ0n) is 23.7. The maximum Gasteiger partial charge on any atom is 0.248 e. The van der Waals surface area contributed by atoms with Crippen LogP contribution in [0.2, 0.25) is 0 Å². The number of hydrogen-bond acceptors (Lipinski definition) is 6. The molecule has 2 unspecified atom stereocenters. The second kappa shape index (κ2) is 11.1. The molecule has 3 aliphatic rings. The summed E-state index contributed by atoms with van der Waals surface area (Å²) in [7, 11) is 1.60. The lowest BCUT2D eigenvalue weighted by atomic mass is 9.66. The molecule has 2 aromatic rings. The molecule has 214 valence electrons. The van der Waals surface area contributed by atoms with E-state index in [-0.39, 0.29) is 24.3 Å². The minimum absolute atomic E-state index is 0.161. The van der Waals surface area contributed by atoms with Crippen LogP contribution >= 0.6 is 11.8 Å². The van der Waals surface area contributed by atoms with Crippen molar-refractivity contribution in [2.24, 2.45) is 11.8 Å². The van der Waals surface area contributed by atoms with Gasteiger partial charge in [0.1, 0.15) is 6.04 Å². The van der Waals surface area contributed by atoms with Crippen molar-refractivity contribution in [3.8, 4) is 0 Å². The van der Waals surface area contributed by atoms with Crippen molar-refractivity contribution >= 4 is 40.9 Å². The second-order valence-electron chi connectivity index (χ2n) is 11.3. The molecule has 8 nitrogen and oxygen atoms in total. The molecule has 9 heteroatoms. The highest BCUT2D eigenvalue weighted by atomic mass is 32.2. The first-order valence-corrected chi connectivity index (χ1v) is 15.1. The molecule has 3 amide bonds. The lowest BCUT2D eigenvalue weighted by Crippen LogP contribution is -2.55. The number of thioether (sulfide) groups is 1. The van der Waals surface area contributed by atoms with Gasteiger partial charge in [-0.1, -0.05) is 30.3 Å². The van der Waals surface area contributed by atoms with Crippen molar-refractivity contribution in [2.45, 2.75) is 61.6 Å². The zero-order chi connectivity index (χ0) is 28.7. The van der Waals surface area contributed by atoms with E-state index in [1.54, 1.807) is 23.7 Å². The summed E-state index contributed by atoms with van der Waals surface area (Å²) >= 11 is 1.63. The zero-order valence-corrected chi connectivity index (χ0v) is 24.5. The molecular formula is C31H40N4O4S. The van der Waals surface area contributed by atoms with E-state index in [0.29, 0.717) is 18.5 Å². The summed E-state index contributed by atoms with van der Waals surface area (Å²) in [6.07, 6.45) is 1.83. The highest BCUT2D eigenvalue weighted by molar-refractivity contribution is 8.02. The molecule has 0 radical (unpaired) electrons. The van der Waals surface area contributed by atoms with Gasteiger partial charge in [0.05, 0.1) is 29.2 Å². The van der Waals surface area contributed by atoms with E-state index in [9.17, 15) is 19.5 Å². The molecule has 3 saturated heterocycles. The van der Waals surface area contributed by atoms with E-state index in [2.05, 4.69) is 36.3 Å². The van der Waals surface area contributed by atoms with Gasteiger partial charge in [0, 0.05) is 36.3 Å². The van der Waals surface area contributed by atoms with Gasteiger partial charge in [-0.25, -0.2) is 0 Å². The molecule has 1 spiro atoms. The number of aliphatic hydroxyl groups excluding tert-OH is 1. The van der Waals surface area contributed by atoms with Crippen molar-refractivity contribution in [3.63, 3.8) is 0 Å². The number of rotatable bonds is 10. The largest absolute Gasteiger partial charge is 0.394 e. The molecular weight excluding hydrogens is 524 g/mol. The van der Waals surface area contributed by atoms with Crippen molar-refractivity contribution in [3.05, 3.63) is 60.2 Å². The number of carbonyl (C=O) groups excluding carboxylic acids is 3. The van der Waals surface area contributed by atoms with Crippen LogP contribution < -0.4 is 15.5 Å². The van der Waals surface area contributed by atoms with Crippen LogP contribution in [0, 0.1) is 11.8 Å². The van der Waals surface area contributed by atoms with Gasteiger partial charge in [0.15, 0.2) is 0 Å². The van der Waals surface area contributed by atoms with E-state index >= 15 is 0 Å². The highest BCUT2D eigenvalue weighted by Gasteiger charge is 2.77. The number of hydrogen-bond donors (Lipinski definition) is 3. The van der Waals surface area contributed by atoms with Gasteiger partial charge in [-0.3, -0.25) is 14.4 Å². The molecule has 3 N–H and O–H groups in total. The average Bonchev–Trinajstić information content (AvgIpc) is 3.54. The first kappa shape index (κ1) is 28.5. The van der Waals surface area contributed by atoms with Crippen LogP contribution in [0.1, 0.15) is 39.2 Å². The minimum atomic E-state index is -0.810. The van der Waals surface area contributed by atoms with Gasteiger partial charge in [-0.05, 0) is 69.9 Å². The minimum Gasteiger partial charge on any atom is -0.394 e. The Kier molecular flexibility index (Phi) is 7.90. The monoisotopic (exact) mass is 564 g/mol. The summed E-state index contributed by atoms with van der Waals surface area (Å²) in [6, 6.07) is 16.1. The number of amides is 3. The molecule has 0 aromatic heterocycles. The Labute approximate surface area is 240 Å². The van der Waals surface area contributed by atoms with Crippen LogP contribution in [-0.2, 0) is 20.8 Å². The Morgan fingerprint density at radius 1 is 1.07 bits per heavy atom. The number of likely N-dealkylation sites (tertiary alicyclic amines) is 1. The van der Waals surface area contributed by atoms with Gasteiger partial charge in [0.25, 0.3) is 0 Å². The standard InChI is InChI=1S/C31H40N4O4S/c1-5-34(6-2)22-14-12-21(13-15-22)33-28(38)26-31-17-16-30(3,40-31)24(27(37)32-4)25(31)29(39)35(26)23(19-36)18-20-10-8-7-9-11-20/h7-15,23-26,36H,5-6,16-19H2,1-4H3,(H,32,37)(H,33,38)/t23-,24+,25+,26?,30-,31?/m1/s1. The Morgan fingerprint density at radius 3 is 2.35 bits per heavy atom. The maximum atomic E-state index is 14.3. The number of carbonyl (C=O) groups is 3. The highest BCUT2D eigenvalue weighted by Crippen LogP contribution is 2.71. The van der Waals surface area contributed by atoms with E-state index in [4.69, 9.17) is 0 Å². The number of benzene rings is 2. The SMILES string of the molecule is CCN(CC)c1ccc(NC(=O)C2N([C@@H](CO)Cc3ccccc3)C(=O)[C@@H]3[C@@H](C(=O)NC)[C@@]4(C)CCC23S4)cc1. The van der Waals surface area contributed by atoms with Crippen LogP contribution in [0.5, 0.6) is 0 Å². The van der Waals surface area contributed by atoms with Gasteiger partial charge < -0.3 is 25.5 Å². The van der Waals surface area contributed by atoms with E-state index in [1.807, 2.05) is 54.6 Å². The number of aliphatic hydroxyl groups is 1. The van der Waals surface area contributed by atoms with Crippen molar-refractivity contribution in [1.29, 1.82) is 0 Å². The van der Waals surface area contributed by atoms with Crippen LogP contribution in [-0.4, -0.2) is 76.0 Å². The number of fused-ring (bicyclic) bond motifs is 1. The van der Waals surface area contributed by atoms with Crippen LogP contribution in [0.3, 0.4) is 0 Å².